The molecule has 4 aliphatic rings. The fourth-order valence-electron chi connectivity index (χ4n) is 4.11. The monoisotopic (exact) mass is 292 g/mol. The number of fused-ring (bicyclic) bond motifs is 3. The first-order chi connectivity index (χ1) is 10.1. The maximum absolute atomic E-state index is 12.2. The molecule has 3 saturated heterocycles. The Kier molecular flexibility index (Phi) is 4.36. The Bertz CT molecular complexity index is 427. The predicted molar refractivity (Wildman–Crippen MR) is 82.8 cm³/mol. The number of nitrogens with one attached hydrogen (secondary N) is 1. The molecule has 1 aliphatic carbocycles. The average Bonchev–Trinajstić information content (AvgIpc) is 2.50. The number of amides is 1. The van der Waals surface area contributed by atoms with Gasteiger partial charge in [-0.25, -0.2) is 0 Å². The Morgan fingerprint density at radius 1 is 1.38 bits per heavy atom. The van der Waals surface area contributed by atoms with Crippen molar-refractivity contribution in [1.29, 1.82) is 0 Å². The largest absolute Gasteiger partial charge is 0.392 e. The van der Waals surface area contributed by atoms with Crippen LogP contribution in [0.3, 0.4) is 0 Å². The van der Waals surface area contributed by atoms with Gasteiger partial charge in [-0.05, 0) is 50.3 Å². The standard InChI is InChI=1S/C17H28N2O2/c1-17(7-3-2-4-15(17)20)12-18-16(21)10-14-11-19-8-5-13(14)6-9-19/h10,13,15,20H,2-9,11-12H2,1H3,(H,18,21)/b14-10-. The van der Waals surface area contributed by atoms with Crippen molar-refractivity contribution >= 4 is 5.91 Å². The molecule has 1 amide bonds. The van der Waals surface area contributed by atoms with Crippen molar-refractivity contribution in [2.45, 2.75) is 51.6 Å². The first-order valence-electron chi connectivity index (χ1n) is 8.45. The summed E-state index contributed by atoms with van der Waals surface area (Å²) in [5.41, 5.74) is 1.15. The summed E-state index contributed by atoms with van der Waals surface area (Å²) in [6.07, 6.45) is 8.08. The summed E-state index contributed by atoms with van der Waals surface area (Å²) in [5, 5.41) is 13.2. The Hall–Kier alpha value is -0.870. The third kappa shape index (κ3) is 3.32. The fraction of sp³-hybridized carbons (Fsp3) is 0.824. The normalized spacial score (nSPS) is 41.2. The summed E-state index contributed by atoms with van der Waals surface area (Å²) >= 11 is 0. The van der Waals surface area contributed by atoms with Crippen LogP contribution in [-0.4, -0.2) is 48.2 Å². The highest BCUT2D eigenvalue weighted by atomic mass is 16.3. The summed E-state index contributed by atoms with van der Waals surface area (Å²) in [4.78, 5) is 14.6. The summed E-state index contributed by atoms with van der Waals surface area (Å²) < 4.78 is 0. The molecule has 2 unspecified atom stereocenters. The first-order valence-corrected chi connectivity index (χ1v) is 8.45. The van der Waals surface area contributed by atoms with Crippen LogP contribution in [0, 0.1) is 11.3 Å². The van der Waals surface area contributed by atoms with Crippen LogP contribution >= 0.6 is 0 Å². The third-order valence-electron chi connectivity index (χ3n) is 5.78. The van der Waals surface area contributed by atoms with Gasteiger partial charge in [0.1, 0.15) is 0 Å². The molecule has 3 aliphatic heterocycles. The van der Waals surface area contributed by atoms with E-state index in [9.17, 15) is 9.90 Å². The van der Waals surface area contributed by atoms with Crippen LogP contribution in [-0.2, 0) is 4.79 Å². The lowest BCUT2D eigenvalue weighted by molar-refractivity contribution is -0.117. The molecule has 0 radical (unpaired) electrons. The van der Waals surface area contributed by atoms with Gasteiger partial charge in [0.15, 0.2) is 0 Å². The average molecular weight is 292 g/mol. The summed E-state index contributed by atoms with van der Waals surface area (Å²) in [6, 6.07) is 0. The second-order valence-corrected chi connectivity index (χ2v) is 7.40. The molecule has 0 aromatic heterocycles. The van der Waals surface area contributed by atoms with Crippen molar-refractivity contribution in [2.24, 2.45) is 11.3 Å². The van der Waals surface area contributed by atoms with Gasteiger partial charge in [0.25, 0.3) is 0 Å². The van der Waals surface area contributed by atoms with Crippen molar-refractivity contribution in [3.8, 4) is 0 Å². The molecule has 118 valence electrons. The highest BCUT2D eigenvalue weighted by molar-refractivity contribution is 5.88. The zero-order valence-electron chi connectivity index (χ0n) is 13.1. The lowest BCUT2D eigenvalue weighted by Crippen LogP contribution is -2.46. The minimum Gasteiger partial charge on any atom is -0.392 e. The Labute approximate surface area is 127 Å². The van der Waals surface area contributed by atoms with E-state index in [0.29, 0.717) is 12.5 Å². The van der Waals surface area contributed by atoms with E-state index >= 15 is 0 Å². The van der Waals surface area contributed by atoms with Gasteiger partial charge >= 0.3 is 0 Å². The van der Waals surface area contributed by atoms with Crippen LogP contribution in [0.5, 0.6) is 0 Å². The van der Waals surface area contributed by atoms with Gasteiger partial charge in [0.2, 0.25) is 5.91 Å². The van der Waals surface area contributed by atoms with Crippen LogP contribution in [0.2, 0.25) is 0 Å². The zero-order valence-corrected chi connectivity index (χ0v) is 13.1. The highest BCUT2D eigenvalue weighted by Gasteiger charge is 2.35. The minimum atomic E-state index is -0.281. The van der Waals surface area contributed by atoms with Gasteiger partial charge in [0, 0.05) is 24.6 Å². The van der Waals surface area contributed by atoms with Crippen LogP contribution < -0.4 is 5.32 Å². The number of carbonyl (C=O) groups excluding carboxylic acids is 1. The maximum atomic E-state index is 12.2. The molecule has 2 bridgehead atoms. The molecule has 0 spiro atoms. The van der Waals surface area contributed by atoms with E-state index < -0.39 is 0 Å². The van der Waals surface area contributed by atoms with E-state index in [4.69, 9.17) is 0 Å². The van der Waals surface area contributed by atoms with Crippen molar-refractivity contribution in [2.75, 3.05) is 26.2 Å². The van der Waals surface area contributed by atoms with Crippen molar-refractivity contribution in [3.63, 3.8) is 0 Å². The van der Waals surface area contributed by atoms with E-state index in [1.54, 1.807) is 0 Å². The van der Waals surface area contributed by atoms with Crippen LogP contribution in [0.1, 0.15) is 45.4 Å². The predicted octanol–water partition coefficient (Wildman–Crippen LogP) is 1.70. The molecular formula is C17H28N2O2. The van der Waals surface area contributed by atoms with Gasteiger partial charge in [-0.1, -0.05) is 19.8 Å². The molecular weight excluding hydrogens is 264 g/mol. The zero-order chi connectivity index (χ0) is 14.9. The second kappa shape index (κ2) is 6.09. The summed E-state index contributed by atoms with van der Waals surface area (Å²) in [5.74, 6) is 0.648. The number of rotatable bonds is 3. The van der Waals surface area contributed by atoms with Gasteiger partial charge in [-0.2, -0.15) is 0 Å². The summed E-state index contributed by atoms with van der Waals surface area (Å²) in [7, 11) is 0. The van der Waals surface area contributed by atoms with E-state index in [1.165, 1.54) is 31.5 Å². The number of hydrogen-bond acceptors (Lipinski definition) is 3. The molecule has 2 N–H and O–H groups in total. The smallest absolute Gasteiger partial charge is 0.244 e. The highest BCUT2D eigenvalue weighted by Crippen LogP contribution is 2.35. The second-order valence-electron chi connectivity index (χ2n) is 7.40. The topological polar surface area (TPSA) is 52.6 Å². The SMILES string of the molecule is CC1(CNC(=O)/C=C2/CN3CCC2CC3)CCCCC1O. The molecule has 4 fully saturated rings. The van der Waals surface area contributed by atoms with E-state index in [0.717, 1.165) is 32.2 Å². The van der Waals surface area contributed by atoms with E-state index in [1.807, 2.05) is 6.08 Å². The molecule has 21 heavy (non-hydrogen) atoms. The number of nitrogens with zero attached hydrogens (tertiary/aromatic N) is 1. The van der Waals surface area contributed by atoms with Crippen molar-refractivity contribution in [1.82, 2.24) is 10.2 Å². The Morgan fingerprint density at radius 2 is 2.14 bits per heavy atom. The van der Waals surface area contributed by atoms with Gasteiger partial charge < -0.3 is 10.4 Å². The molecule has 0 aromatic carbocycles. The lowest BCUT2D eigenvalue weighted by atomic mass is 9.73. The quantitative estimate of drug-likeness (QED) is 0.779. The first kappa shape index (κ1) is 15.0. The molecule has 3 heterocycles. The number of piperidine rings is 3. The van der Waals surface area contributed by atoms with E-state index in [2.05, 4.69) is 17.1 Å². The molecule has 0 aromatic rings. The lowest BCUT2D eigenvalue weighted by Gasteiger charge is -2.41. The Morgan fingerprint density at radius 3 is 2.76 bits per heavy atom. The molecule has 1 saturated carbocycles. The fourth-order valence-corrected chi connectivity index (χ4v) is 4.11. The molecule has 4 heteroatoms. The molecule has 2 atom stereocenters. The van der Waals surface area contributed by atoms with Crippen LogP contribution in [0.25, 0.3) is 0 Å². The van der Waals surface area contributed by atoms with E-state index in [-0.39, 0.29) is 17.4 Å². The minimum absolute atomic E-state index is 0.0257. The number of carbonyl (C=O) groups is 1. The number of aliphatic hydroxyl groups is 1. The van der Waals surface area contributed by atoms with Crippen LogP contribution in [0.15, 0.2) is 11.6 Å². The van der Waals surface area contributed by atoms with Gasteiger partial charge in [-0.15, -0.1) is 0 Å². The van der Waals surface area contributed by atoms with Gasteiger partial charge in [0.05, 0.1) is 6.10 Å². The number of aliphatic hydroxyl groups excluding tert-OH is 1. The maximum Gasteiger partial charge on any atom is 0.244 e. The third-order valence-corrected chi connectivity index (χ3v) is 5.78. The van der Waals surface area contributed by atoms with Crippen molar-refractivity contribution in [3.05, 3.63) is 11.6 Å². The van der Waals surface area contributed by atoms with Crippen LogP contribution in [0.4, 0.5) is 0 Å². The molecule has 4 nitrogen and oxygen atoms in total. The van der Waals surface area contributed by atoms with Crippen molar-refractivity contribution < 1.29 is 9.90 Å². The molecule has 4 rings (SSSR count). The Balaban J connectivity index is 1.54. The summed E-state index contributed by atoms with van der Waals surface area (Å²) in [6.45, 7) is 6.03. The van der Waals surface area contributed by atoms with Gasteiger partial charge in [-0.3, -0.25) is 9.69 Å². The number of hydrogen-bond donors (Lipinski definition) is 2.